The molecular weight excluding hydrogens is 436 g/mol. The van der Waals surface area contributed by atoms with E-state index in [1.807, 2.05) is 0 Å². The number of ketones is 1. The maximum absolute atomic E-state index is 13.0. The summed E-state index contributed by atoms with van der Waals surface area (Å²) in [6.45, 7) is 0.471. The summed E-state index contributed by atoms with van der Waals surface area (Å²) >= 11 is 6.00. The number of urea groups is 1. The molecule has 2 atom stereocenters. The average molecular weight is 458 g/mol. The first-order valence-corrected chi connectivity index (χ1v) is 10.3. The van der Waals surface area contributed by atoms with Crippen LogP contribution in [0.25, 0.3) is 0 Å². The molecule has 2 aromatic rings. The highest BCUT2D eigenvalue weighted by atomic mass is 35.5. The van der Waals surface area contributed by atoms with Crippen LogP contribution in [0.15, 0.2) is 48.5 Å². The number of nitrogens with two attached hydrogens (primary N) is 2. The number of hydrogen-bond donors (Lipinski definition) is 2. The van der Waals surface area contributed by atoms with E-state index < -0.39 is 22.0 Å². The standard InChI is InChI=1S/C22H21ClN4O5/c23-15-3-7-17(8-4-15)27(21(25)31)12-18(28)11-22(27,20(24)30)14-1-5-16(6-2-14)26-9-10-32-13-19(26)29/h1-8H,9-13H2,(H3-,24,25,30,31)/p+1/t22-,27?/m1/s1. The van der Waals surface area contributed by atoms with Crippen LogP contribution >= 0.6 is 11.6 Å². The highest BCUT2D eigenvalue weighted by molar-refractivity contribution is 6.30. The molecule has 2 heterocycles. The molecular formula is C22H22ClN4O5+. The minimum absolute atomic E-state index is 0.0142. The van der Waals surface area contributed by atoms with E-state index in [1.165, 1.54) is 0 Å². The molecule has 0 bridgehead atoms. The maximum Gasteiger partial charge on any atom is 0.420 e. The predicted octanol–water partition coefficient (Wildman–Crippen LogP) is 1.44. The second kappa shape index (κ2) is 8.01. The van der Waals surface area contributed by atoms with Gasteiger partial charge in [-0.2, -0.15) is 4.48 Å². The SMILES string of the molecule is NC(=O)[C@]1(c2ccc(N3CCOCC3=O)cc2)CC(=O)C[N+]1(C(N)=O)c1ccc(Cl)cc1. The highest BCUT2D eigenvalue weighted by Gasteiger charge is 2.68. The van der Waals surface area contributed by atoms with Gasteiger partial charge in [-0.3, -0.25) is 14.4 Å². The van der Waals surface area contributed by atoms with Gasteiger partial charge in [0.2, 0.25) is 5.54 Å². The summed E-state index contributed by atoms with van der Waals surface area (Å²) in [5, 5.41) is 0.422. The lowest BCUT2D eigenvalue weighted by Crippen LogP contribution is -2.70. The number of carbonyl (C=O) groups excluding carboxylic acids is 4. The Hall–Kier alpha value is -3.27. The number of anilines is 1. The van der Waals surface area contributed by atoms with Crippen LogP contribution in [0.3, 0.4) is 0 Å². The molecule has 4 N–H and O–H groups in total. The third-order valence-electron chi connectivity index (χ3n) is 6.21. The Morgan fingerprint density at radius 1 is 1.03 bits per heavy atom. The average Bonchev–Trinajstić information content (AvgIpc) is 3.10. The fourth-order valence-corrected chi connectivity index (χ4v) is 4.85. The summed E-state index contributed by atoms with van der Waals surface area (Å²) in [5.41, 5.74) is 11.3. The number of primary amides is 2. The summed E-state index contributed by atoms with van der Waals surface area (Å²) < 4.78 is 4.39. The lowest BCUT2D eigenvalue weighted by atomic mass is 9.83. The molecule has 0 aliphatic carbocycles. The third kappa shape index (κ3) is 3.17. The van der Waals surface area contributed by atoms with Gasteiger partial charge in [-0.1, -0.05) is 23.7 Å². The number of morpholine rings is 1. The van der Waals surface area contributed by atoms with E-state index in [-0.39, 0.29) is 31.3 Å². The topological polar surface area (TPSA) is 133 Å². The van der Waals surface area contributed by atoms with Crippen molar-refractivity contribution < 1.29 is 23.9 Å². The van der Waals surface area contributed by atoms with Crippen molar-refractivity contribution in [3.63, 3.8) is 0 Å². The molecule has 4 rings (SSSR count). The fraction of sp³-hybridized carbons (Fsp3) is 0.273. The summed E-state index contributed by atoms with van der Waals surface area (Å²) in [5.74, 6) is -1.37. The van der Waals surface area contributed by atoms with Crippen LogP contribution in [0.2, 0.25) is 5.02 Å². The zero-order chi connectivity index (χ0) is 23.1. The summed E-state index contributed by atoms with van der Waals surface area (Å²) in [7, 11) is 0. The van der Waals surface area contributed by atoms with Crippen molar-refractivity contribution in [3.8, 4) is 0 Å². The molecule has 0 spiro atoms. The van der Waals surface area contributed by atoms with E-state index in [4.69, 9.17) is 27.8 Å². The van der Waals surface area contributed by atoms with E-state index in [0.717, 1.165) is 0 Å². The minimum atomic E-state index is -1.75. The Morgan fingerprint density at radius 3 is 2.25 bits per heavy atom. The number of ether oxygens (including phenoxy) is 1. The number of benzene rings is 2. The van der Waals surface area contributed by atoms with Gasteiger partial charge < -0.3 is 21.1 Å². The molecule has 32 heavy (non-hydrogen) atoms. The van der Waals surface area contributed by atoms with Crippen LogP contribution in [0, 0.1) is 0 Å². The lowest BCUT2D eigenvalue weighted by molar-refractivity contribution is -0.128. The van der Waals surface area contributed by atoms with E-state index in [2.05, 4.69) is 0 Å². The van der Waals surface area contributed by atoms with Gasteiger partial charge in [-0.25, -0.2) is 4.79 Å². The largest absolute Gasteiger partial charge is 0.420 e. The molecule has 10 heteroatoms. The van der Waals surface area contributed by atoms with Crippen LogP contribution in [0.5, 0.6) is 0 Å². The van der Waals surface area contributed by atoms with Crippen molar-refractivity contribution in [2.24, 2.45) is 11.5 Å². The molecule has 4 amide bonds. The molecule has 9 nitrogen and oxygen atoms in total. The quantitative estimate of drug-likeness (QED) is 0.670. The Kier molecular flexibility index (Phi) is 5.49. The summed E-state index contributed by atoms with van der Waals surface area (Å²) in [4.78, 5) is 52.4. The van der Waals surface area contributed by atoms with Gasteiger partial charge >= 0.3 is 6.03 Å². The van der Waals surface area contributed by atoms with Crippen molar-refractivity contribution in [2.45, 2.75) is 12.0 Å². The number of nitrogens with zero attached hydrogens (tertiary/aromatic N) is 2. The van der Waals surface area contributed by atoms with Crippen LogP contribution in [-0.4, -0.2) is 49.9 Å². The molecule has 0 radical (unpaired) electrons. The highest BCUT2D eigenvalue weighted by Crippen LogP contribution is 2.48. The van der Waals surface area contributed by atoms with E-state index in [9.17, 15) is 19.2 Å². The summed E-state index contributed by atoms with van der Waals surface area (Å²) in [6.07, 6.45) is -0.288. The van der Waals surface area contributed by atoms with Crippen LogP contribution in [0.1, 0.15) is 12.0 Å². The van der Waals surface area contributed by atoms with Crippen LogP contribution in [0.4, 0.5) is 16.2 Å². The normalized spacial score (nSPS) is 25.7. The van der Waals surface area contributed by atoms with Gasteiger partial charge in [0, 0.05) is 35.0 Å². The van der Waals surface area contributed by atoms with Crippen molar-refractivity contribution in [3.05, 3.63) is 59.1 Å². The van der Waals surface area contributed by atoms with E-state index >= 15 is 0 Å². The lowest BCUT2D eigenvalue weighted by Gasteiger charge is -2.42. The Balaban J connectivity index is 1.88. The number of quaternary nitrogens is 1. The van der Waals surface area contributed by atoms with Crippen molar-refractivity contribution in [2.75, 3.05) is 31.2 Å². The summed E-state index contributed by atoms with van der Waals surface area (Å²) in [6, 6.07) is 11.9. The molecule has 2 aromatic carbocycles. The Bertz CT molecular complexity index is 1100. The van der Waals surface area contributed by atoms with Crippen molar-refractivity contribution >= 4 is 46.6 Å². The first kappa shape index (κ1) is 21.9. The third-order valence-corrected chi connectivity index (χ3v) is 6.46. The molecule has 2 aliphatic heterocycles. The van der Waals surface area contributed by atoms with E-state index in [1.54, 1.807) is 53.4 Å². The van der Waals surface area contributed by atoms with Gasteiger partial charge in [0.15, 0.2) is 12.3 Å². The number of Topliss-reactive ketones (excluding diaryl/α,β-unsaturated/α-hetero) is 1. The zero-order valence-corrected chi connectivity index (χ0v) is 17.9. The Morgan fingerprint density at radius 2 is 1.69 bits per heavy atom. The van der Waals surface area contributed by atoms with Gasteiger partial charge in [0.05, 0.1) is 13.0 Å². The van der Waals surface area contributed by atoms with Crippen LogP contribution < -0.4 is 20.9 Å². The number of hydrogen-bond acceptors (Lipinski definition) is 5. The Labute approximate surface area is 189 Å². The smallest absolute Gasteiger partial charge is 0.370 e. The number of halogens is 1. The second-order valence-electron chi connectivity index (χ2n) is 7.87. The molecule has 2 saturated heterocycles. The minimum Gasteiger partial charge on any atom is -0.370 e. The van der Waals surface area contributed by atoms with E-state index in [0.29, 0.717) is 35.1 Å². The number of likely N-dealkylation sites (tertiary alicyclic amines) is 1. The predicted molar refractivity (Wildman–Crippen MR) is 118 cm³/mol. The maximum atomic E-state index is 13.0. The van der Waals surface area contributed by atoms with Crippen LogP contribution in [-0.2, 0) is 24.7 Å². The van der Waals surface area contributed by atoms with Crippen molar-refractivity contribution in [1.82, 2.24) is 4.48 Å². The fourth-order valence-electron chi connectivity index (χ4n) is 4.72. The van der Waals surface area contributed by atoms with Crippen molar-refractivity contribution in [1.29, 1.82) is 0 Å². The second-order valence-corrected chi connectivity index (χ2v) is 8.30. The first-order valence-electron chi connectivity index (χ1n) is 9.97. The molecule has 1 unspecified atom stereocenters. The monoisotopic (exact) mass is 457 g/mol. The molecule has 0 saturated carbocycles. The van der Waals surface area contributed by atoms with Gasteiger partial charge in [0.25, 0.3) is 11.8 Å². The van der Waals surface area contributed by atoms with Gasteiger partial charge in [0.1, 0.15) is 12.3 Å². The van der Waals surface area contributed by atoms with Gasteiger partial charge in [-0.15, -0.1) is 0 Å². The number of carbonyl (C=O) groups is 4. The molecule has 2 aliphatic rings. The number of amides is 4. The molecule has 166 valence electrons. The molecule has 2 fully saturated rings. The van der Waals surface area contributed by atoms with Gasteiger partial charge in [-0.05, 0) is 24.3 Å². The number of rotatable bonds is 4. The molecule has 0 aromatic heterocycles. The first-order chi connectivity index (χ1) is 15.2. The zero-order valence-electron chi connectivity index (χ0n) is 17.1.